The van der Waals surface area contributed by atoms with E-state index in [1.807, 2.05) is 38.1 Å². The molecule has 0 spiro atoms. The van der Waals surface area contributed by atoms with Gasteiger partial charge in [-0.15, -0.1) is 0 Å². The van der Waals surface area contributed by atoms with Crippen molar-refractivity contribution in [3.8, 4) is 11.8 Å². The highest BCUT2D eigenvalue weighted by Gasteiger charge is 2.04. The Labute approximate surface area is 84.5 Å². The highest BCUT2D eigenvalue weighted by atomic mass is 16.5. The second-order valence-electron chi connectivity index (χ2n) is 3.12. The summed E-state index contributed by atoms with van der Waals surface area (Å²) in [7, 11) is 3.91. The highest BCUT2D eigenvalue weighted by Crippen LogP contribution is 2.24. The van der Waals surface area contributed by atoms with Crippen molar-refractivity contribution in [1.29, 1.82) is 5.26 Å². The minimum Gasteiger partial charge on any atom is -0.492 e. The molecule has 1 aromatic carbocycles. The lowest BCUT2D eigenvalue weighted by Crippen LogP contribution is -2.09. The van der Waals surface area contributed by atoms with Crippen LogP contribution in [-0.2, 0) is 0 Å². The minimum atomic E-state index is 0.575. The summed E-state index contributed by atoms with van der Waals surface area (Å²) < 4.78 is 5.37. The predicted octanol–water partition coefficient (Wildman–Crippen LogP) is 2.02. The normalized spacial score (nSPS) is 9.29. The quantitative estimate of drug-likeness (QED) is 0.731. The van der Waals surface area contributed by atoms with Crippen molar-refractivity contribution in [2.24, 2.45) is 0 Å². The van der Waals surface area contributed by atoms with Gasteiger partial charge in [0.25, 0.3) is 0 Å². The van der Waals surface area contributed by atoms with Gasteiger partial charge in [-0.25, -0.2) is 0 Å². The molecule has 3 nitrogen and oxygen atoms in total. The van der Waals surface area contributed by atoms with E-state index in [1.54, 1.807) is 6.07 Å². The van der Waals surface area contributed by atoms with E-state index in [9.17, 15) is 0 Å². The summed E-state index contributed by atoms with van der Waals surface area (Å²) in [5, 5.41) is 8.83. The van der Waals surface area contributed by atoms with Crippen LogP contribution in [0.4, 0.5) is 5.69 Å². The van der Waals surface area contributed by atoms with Crippen molar-refractivity contribution >= 4 is 5.69 Å². The smallest absolute Gasteiger partial charge is 0.139 e. The Morgan fingerprint density at radius 3 is 2.64 bits per heavy atom. The van der Waals surface area contributed by atoms with Gasteiger partial charge in [0, 0.05) is 25.8 Å². The van der Waals surface area contributed by atoms with Crippen LogP contribution in [0.5, 0.6) is 5.75 Å². The number of rotatable bonds is 3. The standard InChI is InChI=1S/C11H14N2O/c1-4-14-11-7-10(13(2)3)6-5-9(11)8-12/h5-7H,4H2,1-3H3. The molecule has 3 heteroatoms. The van der Waals surface area contributed by atoms with Crippen LogP contribution in [-0.4, -0.2) is 20.7 Å². The molecule has 1 aromatic rings. The highest BCUT2D eigenvalue weighted by molar-refractivity contribution is 5.56. The zero-order valence-corrected chi connectivity index (χ0v) is 8.74. The Balaban J connectivity index is 3.09. The fourth-order valence-corrected chi connectivity index (χ4v) is 1.16. The average Bonchev–Trinajstić information content (AvgIpc) is 2.18. The molecule has 0 bridgehead atoms. The zero-order valence-electron chi connectivity index (χ0n) is 8.74. The molecular weight excluding hydrogens is 176 g/mol. The lowest BCUT2D eigenvalue weighted by molar-refractivity contribution is 0.339. The molecule has 0 radical (unpaired) electrons. The Kier molecular flexibility index (Phi) is 3.35. The van der Waals surface area contributed by atoms with E-state index in [-0.39, 0.29) is 0 Å². The lowest BCUT2D eigenvalue weighted by Gasteiger charge is -2.14. The topological polar surface area (TPSA) is 36.3 Å². The van der Waals surface area contributed by atoms with Crippen molar-refractivity contribution in [1.82, 2.24) is 0 Å². The van der Waals surface area contributed by atoms with Gasteiger partial charge < -0.3 is 9.64 Å². The second kappa shape index (κ2) is 4.52. The number of hydrogen-bond acceptors (Lipinski definition) is 3. The van der Waals surface area contributed by atoms with Crippen LogP contribution in [0, 0.1) is 11.3 Å². The number of benzene rings is 1. The summed E-state index contributed by atoms with van der Waals surface area (Å²) in [6, 6.07) is 7.66. The third kappa shape index (κ3) is 2.17. The lowest BCUT2D eigenvalue weighted by atomic mass is 10.2. The number of hydrogen-bond donors (Lipinski definition) is 0. The van der Waals surface area contributed by atoms with Crippen LogP contribution in [0.2, 0.25) is 0 Å². The Morgan fingerprint density at radius 2 is 2.14 bits per heavy atom. The Morgan fingerprint density at radius 1 is 1.43 bits per heavy atom. The van der Waals surface area contributed by atoms with Gasteiger partial charge in [-0.1, -0.05) is 0 Å². The summed E-state index contributed by atoms with van der Waals surface area (Å²) in [6.45, 7) is 2.48. The van der Waals surface area contributed by atoms with Gasteiger partial charge in [-0.05, 0) is 19.1 Å². The summed E-state index contributed by atoms with van der Waals surface area (Å²) in [5.41, 5.74) is 1.62. The summed E-state index contributed by atoms with van der Waals surface area (Å²) >= 11 is 0. The second-order valence-corrected chi connectivity index (χ2v) is 3.12. The van der Waals surface area contributed by atoms with E-state index >= 15 is 0 Å². The van der Waals surface area contributed by atoms with Gasteiger partial charge in [0.05, 0.1) is 12.2 Å². The molecule has 0 saturated heterocycles. The van der Waals surface area contributed by atoms with Crippen LogP contribution in [0.1, 0.15) is 12.5 Å². The summed E-state index contributed by atoms with van der Waals surface area (Å²) in [4.78, 5) is 1.98. The van der Waals surface area contributed by atoms with Gasteiger partial charge in [-0.2, -0.15) is 5.26 Å². The molecule has 0 heterocycles. The van der Waals surface area contributed by atoms with Crippen molar-refractivity contribution in [3.63, 3.8) is 0 Å². The first-order valence-electron chi connectivity index (χ1n) is 4.53. The van der Waals surface area contributed by atoms with Gasteiger partial charge >= 0.3 is 0 Å². The third-order valence-electron chi connectivity index (χ3n) is 1.90. The molecule has 0 aromatic heterocycles. The van der Waals surface area contributed by atoms with Crippen molar-refractivity contribution in [3.05, 3.63) is 23.8 Å². The van der Waals surface area contributed by atoms with Gasteiger partial charge in [0.1, 0.15) is 11.8 Å². The molecule has 0 unspecified atom stereocenters. The van der Waals surface area contributed by atoms with Crippen LogP contribution >= 0.6 is 0 Å². The Hall–Kier alpha value is -1.69. The van der Waals surface area contributed by atoms with E-state index in [0.717, 1.165) is 5.69 Å². The van der Waals surface area contributed by atoms with Crippen LogP contribution in [0.3, 0.4) is 0 Å². The van der Waals surface area contributed by atoms with E-state index in [2.05, 4.69) is 6.07 Å². The molecule has 0 aliphatic heterocycles. The predicted molar refractivity (Wildman–Crippen MR) is 56.7 cm³/mol. The van der Waals surface area contributed by atoms with Crippen molar-refractivity contribution in [2.45, 2.75) is 6.92 Å². The maximum atomic E-state index is 8.83. The van der Waals surface area contributed by atoms with Crippen LogP contribution in [0.15, 0.2) is 18.2 Å². The first kappa shape index (κ1) is 10.4. The fourth-order valence-electron chi connectivity index (χ4n) is 1.16. The van der Waals surface area contributed by atoms with Gasteiger partial charge in [-0.3, -0.25) is 0 Å². The molecule has 74 valence electrons. The molecule has 0 saturated carbocycles. The van der Waals surface area contributed by atoms with Crippen molar-refractivity contribution < 1.29 is 4.74 Å². The van der Waals surface area contributed by atoms with Crippen LogP contribution < -0.4 is 9.64 Å². The van der Waals surface area contributed by atoms with E-state index in [1.165, 1.54) is 0 Å². The monoisotopic (exact) mass is 190 g/mol. The van der Waals surface area contributed by atoms with E-state index in [4.69, 9.17) is 10.00 Å². The molecule has 0 N–H and O–H groups in total. The maximum absolute atomic E-state index is 8.83. The summed E-state index contributed by atoms with van der Waals surface area (Å²) in [5.74, 6) is 0.654. The minimum absolute atomic E-state index is 0.575. The molecule has 0 atom stereocenters. The Bertz CT molecular complexity index is 353. The number of nitrogens with zero attached hydrogens (tertiary/aromatic N) is 2. The number of nitriles is 1. The van der Waals surface area contributed by atoms with Gasteiger partial charge in [0.15, 0.2) is 0 Å². The molecular formula is C11H14N2O. The zero-order chi connectivity index (χ0) is 10.6. The van der Waals surface area contributed by atoms with Gasteiger partial charge in [0.2, 0.25) is 0 Å². The number of anilines is 1. The molecule has 0 fully saturated rings. The van der Waals surface area contributed by atoms with Crippen molar-refractivity contribution in [2.75, 3.05) is 25.6 Å². The molecule has 1 rings (SSSR count). The fraction of sp³-hybridized carbons (Fsp3) is 0.364. The first-order valence-corrected chi connectivity index (χ1v) is 4.53. The average molecular weight is 190 g/mol. The third-order valence-corrected chi connectivity index (χ3v) is 1.90. The molecule has 14 heavy (non-hydrogen) atoms. The largest absolute Gasteiger partial charge is 0.492 e. The number of ether oxygens (including phenoxy) is 1. The van der Waals surface area contributed by atoms with E-state index in [0.29, 0.717) is 17.9 Å². The van der Waals surface area contributed by atoms with E-state index < -0.39 is 0 Å². The first-order chi connectivity index (χ1) is 6.69. The molecule has 0 amide bonds. The summed E-state index contributed by atoms with van der Waals surface area (Å²) in [6.07, 6.45) is 0. The molecule has 0 aliphatic carbocycles. The SMILES string of the molecule is CCOc1cc(N(C)C)ccc1C#N. The molecule has 0 aliphatic rings. The van der Waals surface area contributed by atoms with Crippen LogP contribution in [0.25, 0.3) is 0 Å². The maximum Gasteiger partial charge on any atom is 0.139 e.